The van der Waals surface area contributed by atoms with Gasteiger partial charge >= 0.3 is 0 Å². The Balaban J connectivity index is 2.16. The number of hydrogen-bond donors (Lipinski definition) is 1. The molecule has 1 nitrogen and oxygen atoms in total. The second-order valence-corrected chi connectivity index (χ2v) is 4.77. The smallest absolute Gasteiger partial charge is 0.0752 e. The van der Waals surface area contributed by atoms with Gasteiger partial charge in [-0.15, -0.1) is 6.58 Å². The molecule has 0 unspecified atom stereocenters. The van der Waals surface area contributed by atoms with Crippen molar-refractivity contribution in [3.05, 3.63) is 24.3 Å². The third-order valence-electron chi connectivity index (χ3n) is 3.38. The zero-order valence-corrected chi connectivity index (χ0v) is 8.29. The molecule has 3 aliphatic rings. The molecule has 0 aromatic carbocycles. The van der Waals surface area contributed by atoms with Crippen LogP contribution in [0.5, 0.6) is 0 Å². The minimum Gasteiger partial charge on any atom is -0.389 e. The van der Waals surface area contributed by atoms with E-state index in [1.165, 1.54) is 6.42 Å². The fraction of sp³-hybridized carbons (Fsp3) is 0.667. The summed E-state index contributed by atoms with van der Waals surface area (Å²) in [7, 11) is 0. The lowest BCUT2D eigenvalue weighted by molar-refractivity contribution is -0.0484. The fourth-order valence-electron chi connectivity index (χ4n) is 2.83. The molecule has 1 saturated carbocycles. The van der Waals surface area contributed by atoms with Crippen LogP contribution in [0.1, 0.15) is 32.6 Å². The average molecular weight is 178 g/mol. The van der Waals surface area contributed by atoms with Crippen LogP contribution in [0.15, 0.2) is 24.3 Å². The summed E-state index contributed by atoms with van der Waals surface area (Å²) in [4.78, 5) is 0. The molecular formula is C12H18O. The van der Waals surface area contributed by atoms with Crippen LogP contribution in [0.2, 0.25) is 0 Å². The van der Waals surface area contributed by atoms with E-state index in [-0.39, 0.29) is 0 Å². The molecule has 3 rings (SSSR count). The largest absolute Gasteiger partial charge is 0.389 e. The SMILES string of the molecule is C=C(C)C[C@@]1(O)C[C@H]2C=C[C@@H]1CC2. The molecular weight excluding hydrogens is 160 g/mol. The van der Waals surface area contributed by atoms with Gasteiger partial charge in [-0.2, -0.15) is 0 Å². The van der Waals surface area contributed by atoms with Crippen molar-refractivity contribution in [2.45, 2.75) is 38.2 Å². The van der Waals surface area contributed by atoms with E-state index in [4.69, 9.17) is 0 Å². The lowest BCUT2D eigenvalue weighted by Gasteiger charge is -2.45. The summed E-state index contributed by atoms with van der Waals surface area (Å²) in [5.74, 6) is 1.00. The van der Waals surface area contributed by atoms with Crippen molar-refractivity contribution in [3.63, 3.8) is 0 Å². The van der Waals surface area contributed by atoms with Gasteiger partial charge in [-0.3, -0.25) is 0 Å². The lowest BCUT2D eigenvalue weighted by atomic mass is 9.64. The molecule has 0 spiro atoms. The Labute approximate surface area is 80.2 Å². The molecule has 0 aromatic heterocycles. The standard InChI is InChI=1S/C12H18O/c1-9(2)7-12(13)8-10-3-5-11(12)6-4-10/h3,5,10-11,13H,1,4,6-8H2,2H3/t10-,11+,12+/m0/s1. The first-order chi connectivity index (χ1) is 6.10. The highest BCUT2D eigenvalue weighted by Crippen LogP contribution is 2.45. The van der Waals surface area contributed by atoms with Gasteiger partial charge in [-0.25, -0.2) is 0 Å². The highest BCUT2D eigenvalue weighted by atomic mass is 16.3. The Bertz CT molecular complexity index is 254. The van der Waals surface area contributed by atoms with E-state index < -0.39 is 5.60 Å². The molecule has 2 bridgehead atoms. The number of fused-ring (bicyclic) bond motifs is 2. The molecule has 72 valence electrons. The van der Waals surface area contributed by atoms with Crippen molar-refractivity contribution >= 4 is 0 Å². The molecule has 1 fully saturated rings. The Hall–Kier alpha value is -0.560. The van der Waals surface area contributed by atoms with Crippen LogP contribution in [0, 0.1) is 11.8 Å². The summed E-state index contributed by atoms with van der Waals surface area (Å²) < 4.78 is 0. The number of rotatable bonds is 2. The molecule has 0 saturated heterocycles. The van der Waals surface area contributed by atoms with Crippen molar-refractivity contribution in [1.82, 2.24) is 0 Å². The number of hydrogen-bond acceptors (Lipinski definition) is 1. The van der Waals surface area contributed by atoms with E-state index in [1.54, 1.807) is 0 Å². The van der Waals surface area contributed by atoms with Gasteiger partial charge in [0.25, 0.3) is 0 Å². The van der Waals surface area contributed by atoms with Gasteiger partial charge in [0, 0.05) is 5.92 Å². The monoisotopic (exact) mass is 178 g/mol. The molecule has 0 aromatic rings. The number of aliphatic hydroxyl groups is 1. The summed E-state index contributed by atoms with van der Waals surface area (Å²) in [6.45, 7) is 5.90. The molecule has 1 heteroatoms. The van der Waals surface area contributed by atoms with Gasteiger partial charge < -0.3 is 5.11 Å². The molecule has 13 heavy (non-hydrogen) atoms. The Morgan fingerprint density at radius 1 is 1.54 bits per heavy atom. The van der Waals surface area contributed by atoms with Crippen molar-refractivity contribution in [1.29, 1.82) is 0 Å². The highest BCUT2D eigenvalue weighted by molar-refractivity contribution is 5.15. The predicted octanol–water partition coefficient (Wildman–Crippen LogP) is 2.67. The van der Waals surface area contributed by atoms with Crippen LogP contribution in [0.25, 0.3) is 0 Å². The topological polar surface area (TPSA) is 20.2 Å². The van der Waals surface area contributed by atoms with Gasteiger partial charge in [-0.1, -0.05) is 17.7 Å². The van der Waals surface area contributed by atoms with Gasteiger partial charge in [0.15, 0.2) is 0 Å². The van der Waals surface area contributed by atoms with E-state index in [1.807, 2.05) is 6.92 Å². The first-order valence-electron chi connectivity index (χ1n) is 5.15. The van der Waals surface area contributed by atoms with Crippen molar-refractivity contribution in [2.24, 2.45) is 11.8 Å². The van der Waals surface area contributed by atoms with E-state index in [2.05, 4.69) is 18.7 Å². The Morgan fingerprint density at radius 3 is 2.69 bits per heavy atom. The maximum atomic E-state index is 10.4. The zero-order chi connectivity index (χ0) is 9.47. The molecule has 3 atom stereocenters. The summed E-state index contributed by atoms with van der Waals surface area (Å²) in [5.41, 5.74) is 0.632. The number of allylic oxidation sites excluding steroid dienone is 1. The molecule has 0 radical (unpaired) electrons. The van der Waals surface area contributed by atoms with Crippen LogP contribution >= 0.6 is 0 Å². The summed E-state index contributed by atoms with van der Waals surface area (Å²) in [5, 5.41) is 10.4. The summed E-state index contributed by atoms with van der Waals surface area (Å²) in [6, 6.07) is 0. The predicted molar refractivity (Wildman–Crippen MR) is 54.4 cm³/mol. The van der Waals surface area contributed by atoms with E-state index in [9.17, 15) is 5.11 Å². The minimum atomic E-state index is -0.469. The van der Waals surface area contributed by atoms with Crippen LogP contribution < -0.4 is 0 Å². The fourth-order valence-corrected chi connectivity index (χ4v) is 2.83. The normalized spacial score (nSPS) is 42.3. The maximum absolute atomic E-state index is 10.4. The van der Waals surface area contributed by atoms with Gasteiger partial charge in [0.2, 0.25) is 0 Å². The first-order valence-corrected chi connectivity index (χ1v) is 5.15. The average Bonchev–Trinajstić information content (AvgIpc) is 2.03. The second kappa shape index (κ2) is 2.98. The van der Waals surface area contributed by atoms with Gasteiger partial charge in [-0.05, 0) is 38.5 Å². The maximum Gasteiger partial charge on any atom is 0.0752 e. The molecule has 0 heterocycles. The second-order valence-electron chi connectivity index (χ2n) is 4.77. The quantitative estimate of drug-likeness (QED) is 0.644. The highest BCUT2D eigenvalue weighted by Gasteiger charge is 2.42. The molecule has 1 N–H and O–H groups in total. The minimum absolute atomic E-state index is 0.384. The summed E-state index contributed by atoms with van der Waals surface area (Å²) >= 11 is 0. The van der Waals surface area contributed by atoms with Crippen LogP contribution in [-0.2, 0) is 0 Å². The van der Waals surface area contributed by atoms with Crippen LogP contribution in [-0.4, -0.2) is 10.7 Å². The molecule has 3 aliphatic carbocycles. The van der Waals surface area contributed by atoms with Crippen molar-refractivity contribution in [3.8, 4) is 0 Å². The molecule has 0 amide bonds. The molecule has 0 aliphatic heterocycles. The van der Waals surface area contributed by atoms with Crippen LogP contribution in [0.4, 0.5) is 0 Å². The van der Waals surface area contributed by atoms with Crippen molar-refractivity contribution < 1.29 is 5.11 Å². The third-order valence-corrected chi connectivity index (χ3v) is 3.38. The van der Waals surface area contributed by atoms with Gasteiger partial charge in [0.1, 0.15) is 0 Å². The van der Waals surface area contributed by atoms with Crippen molar-refractivity contribution in [2.75, 3.05) is 0 Å². The first kappa shape index (κ1) is 9.01. The zero-order valence-electron chi connectivity index (χ0n) is 8.29. The third kappa shape index (κ3) is 1.58. The van der Waals surface area contributed by atoms with Crippen LogP contribution in [0.3, 0.4) is 0 Å². The van der Waals surface area contributed by atoms with E-state index in [0.717, 1.165) is 24.8 Å². The van der Waals surface area contributed by atoms with Gasteiger partial charge in [0.05, 0.1) is 5.60 Å². The Morgan fingerprint density at radius 2 is 2.31 bits per heavy atom. The summed E-state index contributed by atoms with van der Waals surface area (Å²) in [6.07, 6.45) is 8.63. The lowest BCUT2D eigenvalue weighted by Crippen LogP contribution is -2.45. The van der Waals surface area contributed by atoms with E-state index >= 15 is 0 Å². The van der Waals surface area contributed by atoms with E-state index in [0.29, 0.717) is 11.8 Å². The Kier molecular flexibility index (Phi) is 2.07.